The van der Waals surface area contributed by atoms with E-state index in [9.17, 15) is 24.8 Å². The van der Waals surface area contributed by atoms with Gasteiger partial charge in [-0.3, -0.25) is 15.0 Å². The average Bonchev–Trinajstić information content (AvgIpc) is 2.57. The van der Waals surface area contributed by atoms with Crippen LogP contribution in [0.3, 0.4) is 0 Å². The van der Waals surface area contributed by atoms with E-state index in [1.54, 1.807) is 6.92 Å². The third kappa shape index (κ3) is 3.83. The Bertz CT molecular complexity index is 886. The second kappa shape index (κ2) is 7.70. The summed E-state index contributed by atoms with van der Waals surface area (Å²) in [5, 5.41) is 20.7. The van der Waals surface area contributed by atoms with E-state index in [0.717, 1.165) is 17.0 Å². The fourth-order valence-corrected chi connectivity index (χ4v) is 2.46. The van der Waals surface area contributed by atoms with E-state index in [1.165, 1.54) is 24.3 Å². The number of hydrogen-bond donors (Lipinski definition) is 2. The molecule has 10 heteroatoms. The highest BCUT2D eigenvalue weighted by Gasteiger charge is 2.24. The lowest BCUT2D eigenvalue weighted by Crippen LogP contribution is -2.31. The van der Waals surface area contributed by atoms with E-state index in [4.69, 9.17) is 22.1 Å². The number of primary amides is 1. The lowest BCUT2D eigenvalue weighted by molar-refractivity contribution is -0.384. The van der Waals surface area contributed by atoms with Gasteiger partial charge in [-0.1, -0.05) is 17.7 Å². The Morgan fingerprint density at radius 2 is 2.04 bits per heavy atom. The third-order valence-electron chi connectivity index (χ3n) is 3.32. The monoisotopic (exact) mass is 379 g/mol. The predicted octanol–water partition coefficient (Wildman–Crippen LogP) is 3.35. The first kappa shape index (κ1) is 19.0. The van der Waals surface area contributed by atoms with Crippen LogP contribution in [0, 0.1) is 10.1 Å². The van der Waals surface area contributed by atoms with Crippen LogP contribution in [0.1, 0.15) is 17.3 Å². The van der Waals surface area contributed by atoms with Crippen molar-refractivity contribution in [3.63, 3.8) is 0 Å². The zero-order chi connectivity index (χ0) is 19.4. The number of esters is 1. The highest BCUT2D eigenvalue weighted by Crippen LogP contribution is 2.40. The molecule has 0 aliphatic heterocycles. The number of hydrogen-bond acceptors (Lipinski definition) is 6. The Labute approximate surface area is 152 Å². The molecule has 136 valence electrons. The van der Waals surface area contributed by atoms with E-state index < -0.39 is 28.4 Å². The summed E-state index contributed by atoms with van der Waals surface area (Å²) in [5.41, 5.74) is 4.98. The summed E-state index contributed by atoms with van der Waals surface area (Å²) >= 11 is 5.85. The summed E-state index contributed by atoms with van der Waals surface area (Å²) in [6.45, 7) is 1.82. The molecule has 0 radical (unpaired) electrons. The summed E-state index contributed by atoms with van der Waals surface area (Å²) in [5.74, 6) is -1.19. The molecule has 0 atom stereocenters. The molecule has 3 N–H and O–H groups in total. The molecule has 0 heterocycles. The number of phenols is 1. The van der Waals surface area contributed by atoms with Crippen molar-refractivity contribution < 1.29 is 24.4 Å². The molecule has 2 aromatic carbocycles. The number of aromatic hydroxyl groups is 1. The Morgan fingerprint density at radius 3 is 2.62 bits per heavy atom. The number of amides is 2. The number of nitro groups is 1. The van der Waals surface area contributed by atoms with E-state index in [-0.39, 0.29) is 28.6 Å². The summed E-state index contributed by atoms with van der Waals surface area (Å²) in [6.07, 6.45) is 0. The second-order valence-electron chi connectivity index (χ2n) is 4.99. The topological polar surface area (TPSA) is 136 Å². The number of nitrogens with zero attached hydrogens (tertiary/aromatic N) is 2. The van der Waals surface area contributed by atoms with Gasteiger partial charge in [0.25, 0.3) is 5.69 Å². The quantitative estimate of drug-likeness (QED) is 0.464. The minimum Gasteiger partial charge on any atom is -0.505 e. The lowest BCUT2D eigenvalue weighted by Gasteiger charge is -2.22. The van der Waals surface area contributed by atoms with Crippen LogP contribution in [0.5, 0.6) is 5.75 Å². The second-order valence-corrected chi connectivity index (χ2v) is 5.40. The number of rotatable bonds is 5. The van der Waals surface area contributed by atoms with Gasteiger partial charge in [-0.25, -0.2) is 9.59 Å². The van der Waals surface area contributed by atoms with Crippen LogP contribution in [0.2, 0.25) is 5.02 Å². The number of halogens is 1. The smallest absolute Gasteiger partial charge is 0.338 e. The van der Waals surface area contributed by atoms with Gasteiger partial charge in [0.15, 0.2) is 0 Å². The lowest BCUT2D eigenvalue weighted by atomic mass is 10.1. The van der Waals surface area contributed by atoms with Gasteiger partial charge >= 0.3 is 12.0 Å². The minimum absolute atomic E-state index is 0.142. The summed E-state index contributed by atoms with van der Waals surface area (Å²) in [7, 11) is 0. The molecular formula is C16H14ClN3O6. The van der Waals surface area contributed by atoms with Gasteiger partial charge in [-0.2, -0.15) is 0 Å². The Balaban J connectivity index is 2.56. The summed E-state index contributed by atoms with van der Waals surface area (Å²) in [6, 6.07) is 6.61. The predicted molar refractivity (Wildman–Crippen MR) is 93.9 cm³/mol. The number of ether oxygens (including phenoxy) is 1. The highest BCUT2D eigenvalue weighted by atomic mass is 35.5. The van der Waals surface area contributed by atoms with Crippen molar-refractivity contribution in [2.45, 2.75) is 6.92 Å². The zero-order valence-corrected chi connectivity index (χ0v) is 14.3. The highest BCUT2D eigenvalue weighted by molar-refractivity contribution is 6.33. The first-order chi connectivity index (χ1) is 12.3. The normalized spacial score (nSPS) is 10.2. The van der Waals surface area contributed by atoms with Crippen LogP contribution in [-0.2, 0) is 4.74 Å². The number of urea groups is 1. The fourth-order valence-electron chi connectivity index (χ4n) is 2.23. The maximum atomic E-state index is 11.9. The van der Waals surface area contributed by atoms with Crippen LogP contribution >= 0.6 is 11.6 Å². The van der Waals surface area contributed by atoms with Crippen molar-refractivity contribution in [1.82, 2.24) is 0 Å². The van der Waals surface area contributed by atoms with Crippen LogP contribution in [0.25, 0.3) is 0 Å². The van der Waals surface area contributed by atoms with Gasteiger partial charge in [0.1, 0.15) is 10.8 Å². The van der Waals surface area contributed by atoms with Gasteiger partial charge < -0.3 is 15.6 Å². The molecular weight excluding hydrogens is 366 g/mol. The van der Waals surface area contributed by atoms with Gasteiger partial charge in [-0.05, 0) is 31.2 Å². The van der Waals surface area contributed by atoms with Crippen LogP contribution < -0.4 is 10.6 Å². The minimum atomic E-state index is -0.994. The maximum Gasteiger partial charge on any atom is 0.338 e. The molecule has 26 heavy (non-hydrogen) atoms. The van der Waals surface area contributed by atoms with E-state index in [2.05, 4.69) is 0 Å². The molecule has 0 unspecified atom stereocenters. The first-order valence-corrected chi connectivity index (χ1v) is 7.67. The largest absolute Gasteiger partial charge is 0.505 e. The summed E-state index contributed by atoms with van der Waals surface area (Å²) in [4.78, 5) is 34.8. The number of anilines is 2. The van der Waals surface area contributed by atoms with Crippen LogP contribution in [0.4, 0.5) is 21.9 Å². The number of benzene rings is 2. The van der Waals surface area contributed by atoms with E-state index in [1.807, 2.05) is 0 Å². The number of carbonyl (C=O) groups is 2. The fraction of sp³-hybridized carbons (Fsp3) is 0.125. The average molecular weight is 380 g/mol. The first-order valence-electron chi connectivity index (χ1n) is 7.30. The van der Waals surface area contributed by atoms with E-state index >= 15 is 0 Å². The van der Waals surface area contributed by atoms with E-state index in [0.29, 0.717) is 0 Å². The van der Waals surface area contributed by atoms with Crippen molar-refractivity contribution in [3.05, 3.63) is 57.1 Å². The Kier molecular flexibility index (Phi) is 5.63. The number of nitro benzene ring substituents is 1. The van der Waals surface area contributed by atoms with Gasteiger partial charge in [0, 0.05) is 0 Å². The van der Waals surface area contributed by atoms with Crippen LogP contribution in [-0.4, -0.2) is 28.6 Å². The molecule has 2 rings (SSSR count). The SMILES string of the molecule is CCOC(=O)c1cccc(N(C(N)=O)c2cc(Cl)c([N+](=O)[O-])cc2O)c1. The van der Waals surface area contributed by atoms with Gasteiger partial charge in [0.2, 0.25) is 0 Å². The van der Waals surface area contributed by atoms with Crippen LogP contribution in [0.15, 0.2) is 36.4 Å². The molecule has 0 aromatic heterocycles. The third-order valence-corrected chi connectivity index (χ3v) is 3.62. The number of phenolic OH excluding ortho intramolecular Hbond substituents is 1. The van der Waals surface area contributed by atoms with Crippen molar-refractivity contribution in [2.24, 2.45) is 5.73 Å². The van der Waals surface area contributed by atoms with Crippen molar-refractivity contribution in [3.8, 4) is 5.75 Å². The molecule has 9 nitrogen and oxygen atoms in total. The maximum absolute atomic E-state index is 11.9. The zero-order valence-electron chi connectivity index (χ0n) is 13.5. The molecule has 2 aromatic rings. The van der Waals surface area contributed by atoms with Crippen molar-refractivity contribution in [2.75, 3.05) is 11.5 Å². The Hall–Kier alpha value is -3.33. The van der Waals surface area contributed by atoms with Gasteiger partial charge in [-0.15, -0.1) is 0 Å². The molecule has 2 amide bonds. The Morgan fingerprint density at radius 1 is 1.35 bits per heavy atom. The molecule has 0 aliphatic carbocycles. The molecule has 0 saturated heterocycles. The van der Waals surface area contributed by atoms with Gasteiger partial charge in [0.05, 0.1) is 34.5 Å². The molecule has 0 fully saturated rings. The number of carbonyl (C=O) groups excluding carboxylic acids is 2. The van der Waals surface area contributed by atoms with Crippen molar-refractivity contribution in [1.29, 1.82) is 0 Å². The molecule has 0 spiro atoms. The number of nitrogens with two attached hydrogens (primary N) is 1. The standard InChI is InChI=1S/C16H14ClN3O6/c1-2-26-15(22)9-4-3-5-10(6-9)19(16(18)23)13-7-11(17)12(20(24)25)8-14(13)21/h3-8,21H,2H2,1H3,(H2,18,23). The van der Waals surface area contributed by atoms with Crippen molar-refractivity contribution >= 4 is 40.7 Å². The molecule has 0 bridgehead atoms. The molecule has 0 aliphatic rings. The summed E-state index contributed by atoms with van der Waals surface area (Å²) < 4.78 is 4.89. The molecule has 0 saturated carbocycles.